The molecule has 0 aliphatic rings. The van der Waals surface area contributed by atoms with Crippen LogP contribution in [-0.2, 0) is 6.42 Å². The molecule has 5 rings (SSSR count). The summed E-state index contributed by atoms with van der Waals surface area (Å²) >= 11 is 0. The normalized spacial score (nSPS) is 11.1. The van der Waals surface area contributed by atoms with E-state index in [2.05, 4.69) is 101 Å². The Balaban J connectivity index is 1.57. The summed E-state index contributed by atoms with van der Waals surface area (Å²) in [6.07, 6.45) is 5.01. The van der Waals surface area contributed by atoms with Crippen molar-refractivity contribution in [2.45, 2.75) is 6.42 Å². The molecule has 3 nitrogen and oxygen atoms in total. The Morgan fingerprint density at radius 3 is 2.39 bits per heavy atom. The number of nitrogens with one attached hydrogen (secondary N) is 1. The zero-order chi connectivity index (χ0) is 18.8. The maximum atomic E-state index is 4.76. The lowest BCUT2D eigenvalue weighted by molar-refractivity contribution is 1.02. The van der Waals surface area contributed by atoms with Gasteiger partial charge in [-0.1, -0.05) is 60.7 Å². The van der Waals surface area contributed by atoms with Crippen LogP contribution in [0.1, 0.15) is 5.56 Å². The zero-order valence-corrected chi connectivity index (χ0v) is 15.5. The van der Waals surface area contributed by atoms with E-state index in [0.717, 1.165) is 35.2 Å². The van der Waals surface area contributed by atoms with Crippen molar-refractivity contribution in [3.8, 4) is 11.1 Å². The lowest BCUT2D eigenvalue weighted by atomic mass is 10.0. The fraction of sp³-hybridized carbons (Fsp3) is 0.0800. The first-order valence-electron chi connectivity index (χ1n) is 9.61. The number of hydrogen-bond acceptors (Lipinski definition) is 2. The Morgan fingerprint density at radius 2 is 1.57 bits per heavy atom. The predicted octanol–water partition coefficient (Wildman–Crippen LogP) is 5.81. The van der Waals surface area contributed by atoms with Crippen molar-refractivity contribution in [2.24, 2.45) is 0 Å². The molecule has 2 aromatic heterocycles. The van der Waals surface area contributed by atoms with Crippen LogP contribution in [-0.4, -0.2) is 15.9 Å². The summed E-state index contributed by atoms with van der Waals surface area (Å²) in [5.41, 5.74) is 8.02. The van der Waals surface area contributed by atoms with E-state index in [-0.39, 0.29) is 0 Å². The van der Waals surface area contributed by atoms with Gasteiger partial charge in [-0.2, -0.15) is 0 Å². The summed E-state index contributed by atoms with van der Waals surface area (Å²) in [5, 5.41) is 3.63. The first-order chi connectivity index (χ1) is 13.9. The lowest BCUT2D eigenvalue weighted by Gasteiger charge is -2.14. The lowest BCUT2D eigenvalue weighted by Crippen LogP contribution is -2.06. The Hall–Kier alpha value is -3.59. The number of rotatable bonds is 5. The molecule has 3 aromatic carbocycles. The second kappa shape index (κ2) is 7.20. The van der Waals surface area contributed by atoms with Gasteiger partial charge in [0.25, 0.3) is 0 Å². The molecule has 1 N–H and O–H groups in total. The number of aromatic nitrogens is 2. The van der Waals surface area contributed by atoms with E-state index in [1.165, 1.54) is 16.7 Å². The fourth-order valence-electron chi connectivity index (χ4n) is 3.71. The van der Waals surface area contributed by atoms with Crippen LogP contribution < -0.4 is 5.32 Å². The van der Waals surface area contributed by atoms with E-state index >= 15 is 0 Å². The van der Waals surface area contributed by atoms with Crippen molar-refractivity contribution < 1.29 is 0 Å². The van der Waals surface area contributed by atoms with Gasteiger partial charge in [-0.15, -0.1) is 0 Å². The van der Waals surface area contributed by atoms with Crippen LogP contribution in [0.2, 0.25) is 0 Å². The summed E-state index contributed by atoms with van der Waals surface area (Å²) in [7, 11) is 0. The van der Waals surface area contributed by atoms with Crippen LogP contribution in [0.5, 0.6) is 0 Å². The van der Waals surface area contributed by atoms with E-state index < -0.39 is 0 Å². The molecule has 0 radical (unpaired) electrons. The first-order valence-corrected chi connectivity index (χ1v) is 9.61. The predicted molar refractivity (Wildman–Crippen MR) is 117 cm³/mol. The van der Waals surface area contributed by atoms with Gasteiger partial charge in [-0.3, -0.25) is 4.98 Å². The minimum absolute atomic E-state index is 0.864. The van der Waals surface area contributed by atoms with Crippen molar-refractivity contribution in [1.82, 2.24) is 9.38 Å². The number of anilines is 1. The second-order valence-electron chi connectivity index (χ2n) is 6.98. The Kier molecular flexibility index (Phi) is 4.26. The highest BCUT2D eigenvalue weighted by Crippen LogP contribution is 2.30. The number of benzene rings is 3. The van der Waals surface area contributed by atoms with Gasteiger partial charge < -0.3 is 9.72 Å². The van der Waals surface area contributed by atoms with Gasteiger partial charge in [0.2, 0.25) is 0 Å². The molecule has 5 aromatic rings. The number of nitrogens with zero attached hydrogens (tertiary/aromatic N) is 2. The molecule has 0 aliphatic heterocycles. The first kappa shape index (κ1) is 16.6. The molecule has 0 amide bonds. The van der Waals surface area contributed by atoms with Crippen molar-refractivity contribution in [3.63, 3.8) is 0 Å². The Morgan fingerprint density at radius 1 is 0.786 bits per heavy atom. The average molecular weight is 363 g/mol. The summed E-state index contributed by atoms with van der Waals surface area (Å²) < 4.78 is 2.21. The summed E-state index contributed by atoms with van der Waals surface area (Å²) in [4.78, 5) is 4.76. The van der Waals surface area contributed by atoms with Crippen LogP contribution in [0.25, 0.3) is 27.7 Å². The van der Waals surface area contributed by atoms with Gasteiger partial charge in [-0.05, 0) is 47.4 Å². The Labute approximate surface area is 164 Å². The molecule has 0 spiro atoms. The molecule has 0 bridgehead atoms. The minimum Gasteiger partial charge on any atom is -0.383 e. The molecule has 0 aliphatic carbocycles. The quantitative estimate of drug-likeness (QED) is 0.427. The van der Waals surface area contributed by atoms with E-state index in [9.17, 15) is 0 Å². The SMILES string of the molecule is c1ccc(CCNc2cc(-c3ccccc3)cc3c2ncc2cccn23)cc1. The molecule has 0 unspecified atom stereocenters. The third-order valence-corrected chi connectivity index (χ3v) is 5.13. The highest BCUT2D eigenvalue weighted by Gasteiger charge is 2.10. The minimum atomic E-state index is 0.864. The molecular weight excluding hydrogens is 342 g/mol. The standard InChI is InChI=1S/C25H21N3/c1-3-8-19(9-4-1)13-14-26-23-16-21(20-10-5-2-6-11-20)17-24-25(23)27-18-22-12-7-15-28(22)24/h1-12,15-18,26H,13-14H2. The topological polar surface area (TPSA) is 29.3 Å². The van der Waals surface area contributed by atoms with Gasteiger partial charge in [-0.25, -0.2) is 0 Å². The number of hydrogen-bond donors (Lipinski definition) is 1. The Bertz CT molecular complexity index is 1220. The van der Waals surface area contributed by atoms with Gasteiger partial charge in [0, 0.05) is 12.7 Å². The van der Waals surface area contributed by atoms with Crippen LogP contribution in [0.3, 0.4) is 0 Å². The number of fused-ring (bicyclic) bond motifs is 3. The molecule has 136 valence electrons. The second-order valence-corrected chi connectivity index (χ2v) is 6.98. The van der Waals surface area contributed by atoms with E-state index in [1.54, 1.807) is 0 Å². The van der Waals surface area contributed by atoms with Crippen molar-refractivity contribution in [1.29, 1.82) is 0 Å². The monoisotopic (exact) mass is 363 g/mol. The van der Waals surface area contributed by atoms with Crippen LogP contribution in [0, 0.1) is 0 Å². The summed E-state index contributed by atoms with van der Waals surface area (Å²) in [6.45, 7) is 0.864. The largest absolute Gasteiger partial charge is 0.383 e. The van der Waals surface area contributed by atoms with Crippen molar-refractivity contribution in [2.75, 3.05) is 11.9 Å². The maximum absolute atomic E-state index is 4.76. The third kappa shape index (κ3) is 3.12. The molecular formula is C25H21N3. The van der Waals surface area contributed by atoms with Gasteiger partial charge in [0.05, 0.1) is 22.9 Å². The van der Waals surface area contributed by atoms with Crippen molar-refractivity contribution in [3.05, 3.63) is 103 Å². The maximum Gasteiger partial charge on any atom is 0.110 e. The molecule has 0 atom stereocenters. The van der Waals surface area contributed by atoms with Crippen LogP contribution in [0.15, 0.2) is 97.3 Å². The van der Waals surface area contributed by atoms with Gasteiger partial charge >= 0.3 is 0 Å². The fourth-order valence-corrected chi connectivity index (χ4v) is 3.71. The smallest absolute Gasteiger partial charge is 0.110 e. The summed E-state index contributed by atoms with van der Waals surface area (Å²) in [5.74, 6) is 0. The third-order valence-electron chi connectivity index (χ3n) is 5.13. The molecule has 0 saturated carbocycles. The van der Waals surface area contributed by atoms with E-state index in [1.807, 2.05) is 6.20 Å². The van der Waals surface area contributed by atoms with Gasteiger partial charge in [0.15, 0.2) is 0 Å². The molecule has 2 heterocycles. The molecule has 0 fully saturated rings. The van der Waals surface area contributed by atoms with Crippen LogP contribution in [0.4, 0.5) is 5.69 Å². The molecule has 0 saturated heterocycles. The average Bonchev–Trinajstić information content (AvgIpc) is 3.24. The molecule has 3 heteroatoms. The summed E-state index contributed by atoms with van der Waals surface area (Å²) in [6, 6.07) is 29.7. The zero-order valence-electron chi connectivity index (χ0n) is 15.5. The highest BCUT2D eigenvalue weighted by molar-refractivity contribution is 5.94. The highest BCUT2D eigenvalue weighted by atomic mass is 14.9. The van der Waals surface area contributed by atoms with E-state index in [0.29, 0.717) is 0 Å². The molecule has 28 heavy (non-hydrogen) atoms. The van der Waals surface area contributed by atoms with Crippen LogP contribution >= 0.6 is 0 Å². The van der Waals surface area contributed by atoms with E-state index in [4.69, 9.17) is 4.98 Å². The van der Waals surface area contributed by atoms with Gasteiger partial charge in [0.1, 0.15) is 5.52 Å². The van der Waals surface area contributed by atoms with Crippen molar-refractivity contribution >= 4 is 22.2 Å².